The zero-order valence-corrected chi connectivity index (χ0v) is 12.1. The van der Waals surface area contributed by atoms with Gasteiger partial charge in [0.05, 0.1) is 13.2 Å². The Morgan fingerprint density at radius 1 is 1.28 bits per heavy atom. The minimum atomic E-state index is 0.701. The van der Waals surface area contributed by atoms with Crippen LogP contribution in [0.1, 0.15) is 29.5 Å². The molecule has 0 fully saturated rings. The fourth-order valence-corrected chi connectivity index (χ4v) is 3.29. The lowest BCUT2D eigenvalue weighted by molar-refractivity contribution is 0.0695. The molecule has 1 aliphatic carbocycles. The number of hydrogen-bond acceptors (Lipinski definition) is 3. The first-order chi connectivity index (χ1) is 8.79. The molecule has 1 heterocycles. The number of nitrogens with one attached hydrogen (secondary N) is 1. The van der Waals surface area contributed by atoms with E-state index in [9.17, 15) is 0 Å². The van der Waals surface area contributed by atoms with E-state index in [1.165, 1.54) is 22.6 Å². The summed E-state index contributed by atoms with van der Waals surface area (Å²) in [5.74, 6) is 1.46. The fraction of sp³-hybridized carbons (Fsp3) is 0.600. The number of ether oxygens (including phenoxy) is 1. The van der Waals surface area contributed by atoms with Crippen molar-refractivity contribution in [2.24, 2.45) is 11.8 Å². The summed E-state index contributed by atoms with van der Waals surface area (Å²) in [6, 6.07) is 4.37. The molecule has 0 aromatic carbocycles. The van der Waals surface area contributed by atoms with Gasteiger partial charge in [-0.15, -0.1) is 11.3 Å². The van der Waals surface area contributed by atoms with Gasteiger partial charge in [0.25, 0.3) is 0 Å². The van der Waals surface area contributed by atoms with Crippen LogP contribution in [0.5, 0.6) is 0 Å². The van der Waals surface area contributed by atoms with Crippen LogP contribution in [-0.2, 0) is 17.9 Å². The highest BCUT2D eigenvalue weighted by Crippen LogP contribution is 2.25. The summed E-state index contributed by atoms with van der Waals surface area (Å²) < 4.78 is 5.88. The number of rotatable bonds is 6. The molecule has 18 heavy (non-hydrogen) atoms. The second-order valence-electron chi connectivity index (χ2n) is 5.09. The molecule has 1 aromatic heterocycles. The molecule has 0 amide bonds. The van der Waals surface area contributed by atoms with Crippen molar-refractivity contribution in [1.29, 1.82) is 0 Å². The SMILES string of the molecule is CNCc1ccc(COCC2CC=CCC2C)s1. The van der Waals surface area contributed by atoms with Crippen LogP contribution in [0.25, 0.3) is 0 Å². The zero-order chi connectivity index (χ0) is 12.8. The highest BCUT2D eigenvalue weighted by atomic mass is 32.1. The average molecular weight is 265 g/mol. The molecular formula is C15H23NOS. The largest absolute Gasteiger partial charge is 0.376 e. The van der Waals surface area contributed by atoms with Gasteiger partial charge in [0.1, 0.15) is 0 Å². The van der Waals surface area contributed by atoms with E-state index in [2.05, 4.69) is 36.5 Å². The molecule has 2 atom stereocenters. The van der Waals surface area contributed by atoms with Gasteiger partial charge in [0, 0.05) is 16.3 Å². The summed E-state index contributed by atoms with van der Waals surface area (Å²) in [7, 11) is 1.98. The first-order valence-corrected chi connectivity index (χ1v) is 7.56. The maximum Gasteiger partial charge on any atom is 0.0809 e. The summed E-state index contributed by atoms with van der Waals surface area (Å²) in [6.45, 7) is 4.94. The molecule has 0 radical (unpaired) electrons. The molecule has 2 unspecified atom stereocenters. The summed E-state index contributed by atoms with van der Waals surface area (Å²) in [6.07, 6.45) is 6.98. The van der Waals surface area contributed by atoms with Gasteiger partial charge in [-0.2, -0.15) is 0 Å². The lowest BCUT2D eigenvalue weighted by atomic mass is 9.85. The van der Waals surface area contributed by atoms with Crippen LogP contribution in [0.2, 0.25) is 0 Å². The fourth-order valence-electron chi connectivity index (χ4n) is 2.32. The van der Waals surface area contributed by atoms with Crippen molar-refractivity contribution < 1.29 is 4.74 Å². The molecule has 1 N–H and O–H groups in total. The van der Waals surface area contributed by atoms with Gasteiger partial charge in [-0.05, 0) is 43.9 Å². The monoisotopic (exact) mass is 265 g/mol. The molecule has 0 saturated carbocycles. The van der Waals surface area contributed by atoms with Crippen molar-refractivity contribution in [3.8, 4) is 0 Å². The normalized spacial score (nSPS) is 23.4. The molecule has 0 saturated heterocycles. The van der Waals surface area contributed by atoms with Gasteiger partial charge in [-0.1, -0.05) is 19.1 Å². The summed E-state index contributed by atoms with van der Waals surface area (Å²) >= 11 is 1.84. The number of hydrogen-bond donors (Lipinski definition) is 1. The van der Waals surface area contributed by atoms with Crippen LogP contribution in [0, 0.1) is 11.8 Å². The Morgan fingerprint density at radius 2 is 2.06 bits per heavy atom. The third-order valence-corrected chi connectivity index (χ3v) is 4.62. The van der Waals surface area contributed by atoms with E-state index in [1.54, 1.807) is 0 Å². The minimum Gasteiger partial charge on any atom is -0.376 e. The van der Waals surface area contributed by atoms with Gasteiger partial charge in [0.2, 0.25) is 0 Å². The molecule has 2 rings (SSSR count). The molecule has 0 bridgehead atoms. The van der Waals surface area contributed by atoms with Crippen molar-refractivity contribution >= 4 is 11.3 Å². The first kappa shape index (κ1) is 13.8. The third kappa shape index (κ3) is 3.94. The molecule has 100 valence electrons. The minimum absolute atomic E-state index is 0.701. The van der Waals surface area contributed by atoms with Crippen LogP contribution < -0.4 is 5.32 Å². The Hall–Kier alpha value is -0.640. The molecular weight excluding hydrogens is 242 g/mol. The van der Waals surface area contributed by atoms with Crippen molar-refractivity contribution in [1.82, 2.24) is 5.32 Å². The van der Waals surface area contributed by atoms with E-state index < -0.39 is 0 Å². The zero-order valence-electron chi connectivity index (χ0n) is 11.3. The van der Waals surface area contributed by atoms with Crippen molar-refractivity contribution in [2.75, 3.05) is 13.7 Å². The van der Waals surface area contributed by atoms with Crippen LogP contribution in [0.4, 0.5) is 0 Å². The van der Waals surface area contributed by atoms with E-state index in [4.69, 9.17) is 4.74 Å². The predicted octanol–water partition coefficient (Wildman–Crippen LogP) is 3.59. The summed E-state index contributed by atoms with van der Waals surface area (Å²) in [5.41, 5.74) is 0. The molecule has 0 spiro atoms. The molecule has 1 aliphatic rings. The van der Waals surface area contributed by atoms with Gasteiger partial charge >= 0.3 is 0 Å². The Bertz CT molecular complexity index is 386. The smallest absolute Gasteiger partial charge is 0.0809 e. The van der Waals surface area contributed by atoms with Crippen LogP contribution >= 0.6 is 11.3 Å². The van der Waals surface area contributed by atoms with E-state index in [1.807, 2.05) is 18.4 Å². The van der Waals surface area contributed by atoms with Gasteiger partial charge in [-0.25, -0.2) is 0 Å². The van der Waals surface area contributed by atoms with Gasteiger partial charge < -0.3 is 10.1 Å². The van der Waals surface area contributed by atoms with E-state index in [0.29, 0.717) is 5.92 Å². The van der Waals surface area contributed by atoms with E-state index in [0.717, 1.165) is 25.7 Å². The van der Waals surface area contributed by atoms with Crippen molar-refractivity contribution in [3.63, 3.8) is 0 Å². The average Bonchev–Trinajstić information content (AvgIpc) is 2.80. The molecule has 1 aromatic rings. The number of thiophene rings is 1. The molecule has 0 aliphatic heterocycles. The van der Waals surface area contributed by atoms with Crippen molar-refractivity contribution in [2.45, 2.75) is 32.9 Å². The topological polar surface area (TPSA) is 21.3 Å². The first-order valence-electron chi connectivity index (χ1n) is 6.74. The maximum atomic E-state index is 5.88. The summed E-state index contributed by atoms with van der Waals surface area (Å²) in [4.78, 5) is 2.71. The highest BCUT2D eigenvalue weighted by molar-refractivity contribution is 7.11. The molecule has 3 heteroatoms. The standard InChI is InChI=1S/C15H23NOS/c1-12-5-3-4-6-13(12)10-17-11-15-8-7-14(18-15)9-16-2/h3-4,7-8,12-13,16H,5-6,9-11H2,1-2H3. The molecule has 2 nitrogen and oxygen atoms in total. The lowest BCUT2D eigenvalue weighted by Gasteiger charge is -2.24. The lowest BCUT2D eigenvalue weighted by Crippen LogP contribution is -2.19. The van der Waals surface area contributed by atoms with E-state index >= 15 is 0 Å². The maximum absolute atomic E-state index is 5.88. The van der Waals surface area contributed by atoms with Crippen LogP contribution in [0.3, 0.4) is 0 Å². The highest BCUT2D eigenvalue weighted by Gasteiger charge is 2.18. The Morgan fingerprint density at radius 3 is 2.83 bits per heavy atom. The second-order valence-corrected chi connectivity index (χ2v) is 6.35. The Labute approximate surface area is 114 Å². The van der Waals surface area contributed by atoms with Crippen molar-refractivity contribution in [3.05, 3.63) is 34.0 Å². The van der Waals surface area contributed by atoms with E-state index in [-0.39, 0.29) is 0 Å². The van der Waals surface area contributed by atoms with Crippen LogP contribution in [-0.4, -0.2) is 13.7 Å². The van der Waals surface area contributed by atoms with Crippen LogP contribution in [0.15, 0.2) is 24.3 Å². The quantitative estimate of drug-likeness (QED) is 0.794. The predicted molar refractivity (Wildman–Crippen MR) is 77.8 cm³/mol. The Balaban J connectivity index is 1.72. The Kier molecular flexibility index (Phi) is 5.42. The second kappa shape index (κ2) is 7.07. The third-order valence-electron chi connectivity index (χ3n) is 3.56. The van der Waals surface area contributed by atoms with Gasteiger partial charge in [-0.3, -0.25) is 0 Å². The summed E-state index contributed by atoms with van der Waals surface area (Å²) in [5, 5.41) is 3.17. The number of allylic oxidation sites excluding steroid dienone is 2. The van der Waals surface area contributed by atoms with Gasteiger partial charge in [0.15, 0.2) is 0 Å².